The molecule has 3 rings (SSSR count). The van der Waals surface area contributed by atoms with E-state index < -0.39 is 29.8 Å². The summed E-state index contributed by atoms with van der Waals surface area (Å²) in [5, 5.41) is 17.0. The molecule has 3 N–H and O–H groups in total. The molecule has 1 aromatic carbocycles. The zero-order valence-electron chi connectivity index (χ0n) is 18.3. The number of anilines is 2. The summed E-state index contributed by atoms with van der Waals surface area (Å²) in [5.74, 6) is -1.32. The Morgan fingerprint density at radius 3 is 2.62 bits per heavy atom. The lowest BCUT2D eigenvalue weighted by atomic mass is 9.93. The Morgan fingerprint density at radius 1 is 1.34 bits per heavy atom. The highest BCUT2D eigenvalue weighted by Gasteiger charge is 2.35. The van der Waals surface area contributed by atoms with Gasteiger partial charge in [-0.05, 0) is 36.1 Å². The van der Waals surface area contributed by atoms with Crippen LogP contribution in [0, 0.1) is 28.5 Å². The Labute approximate surface area is 185 Å². The fraction of sp³-hybridized carbons (Fsp3) is 0.455. The maximum Gasteiger partial charge on any atom is 0.409 e. The molecule has 0 saturated carbocycles. The minimum absolute atomic E-state index is 0.124. The van der Waals surface area contributed by atoms with Crippen molar-refractivity contribution in [2.24, 2.45) is 17.1 Å². The number of benzene rings is 1. The lowest BCUT2D eigenvalue weighted by molar-refractivity contribution is 0.0541. The minimum Gasteiger partial charge on any atom is -0.449 e. The summed E-state index contributed by atoms with van der Waals surface area (Å²) in [6, 6.07) is 7.34. The smallest absolute Gasteiger partial charge is 0.409 e. The molecule has 32 heavy (non-hydrogen) atoms. The predicted octanol–water partition coefficient (Wildman–Crippen LogP) is 3.43. The van der Waals surface area contributed by atoms with Crippen LogP contribution in [0.15, 0.2) is 30.5 Å². The van der Waals surface area contributed by atoms with Crippen molar-refractivity contribution < 1.29 is 18.7 Å². The van der Waals surface area contributed by atoms with Crippen LogP contribution >= 0.6 is 0 Å². The van der Waals surface area contributed by atoms with Gasteiger partial charge < -0.3 is 20.7 Å². The van der Waals surface area contributed by atoms with Gasteiger partial charge in [-0.3, -0.25) is 9.48 Å². The van der Waals surface area contributed by atoms with Crippen molar-refractivity contribution in [2.45, 2.75) is 33.2 Å². The molecule has 1 aromatic heterocycles. The van der Waals surface area contributed by atoms with E-state index in [0.717, 1.165) is 0 Å². The number of hydrogen-bond acceptors (Lipinski definition) is 6. The molecule has 1 fully saturated rings. The highest BCUT2D eigenvalue weighted by Crippen LogP contribution is 2.30. The van der Waals surface area contributed by atoms with Crippen LogP contribution in [0.3, 0.4) is 0 Å². The van der Waals surface area contributed by atoms with Crippen LogP contribution in [0.2, 0.25) is 0 Å². The summed E-state index contributed by atoms with van der Waals surface area (Å²) in [6.45, 7) is 6.77. The zero-order valence-corrected chi connectivity index (χ0v) is 18.3. The molecule has 0 aliphatic carbocycles. The molecular formula is C22H27FN6O3. The third kappa shape index (κ3) is 5.55. The molecule has 2 atom stereocenters. The van der Waals surface area contributed by atoms with Gasteiger partial charge in [0.2, 0.25) is 0 Å². The number of amides is 2. The Balaban J connectivity index is 1.83. The van der Waals surface area contributed by atoms with Crippen molar-refractivity contribution in [3.8, 4) is 6.07 Å². The summed E-state index contributed by atoms with van der Waals surface area (Å²) in [5.41, 5.74) is 5.99. The van der Waals surface area contributed by atoms with Gasteiger partial charge >= 0.3 is 6.09 Å². The van der Waals surface area contributed by atoms with E-state index in [4.69, 9.17) is 10.5 Å². The van der Waals surface area contributed by atoms with E-state index in [9.17, 15) is 19.2 Å². The molecule has 1 unspecified atom stereocenters. The van der Waals surface area contributed by atoms with Crippen molar-refractivity contribution in [3.05, 3.63) is 41.8 Å². The Kier molecular flexibility index (Phi) is 6.67. The second-order valence-electron chi connectivity index (χ2n) is 9.02. The Bertz CT molecular complexity index is 1020. The number of rotatable bonds is 5. The van der Waals surface area contributed by atoms with E-state index in [2.05, 4.69) is 16.5 Å². The molecule has 2 amide bonds. The van der Waals surface area contributed by atoms with E-state index in [0.29, 0.717) is 18.7 Å². The summed E-state index contributed by atoms with van der Waals surface area (Å²) >= 11 is 0. The van der Waals surface area contributed by atoms with Gasteiger partial charge in [0.1, 0.15) is 11.4 Å². The number of nitriles is 1. The number of piperidine rings is 1. The summed E-state index contributed by atoms with van der Waals surface area (Å²) in [6.07, 6.45) is 1.46. The third-order valence-corrected chi connectivity index (χ3v) is 5.08. The molecule has 2 heterocycles. The lowest BCUT2D eigenvalue weighted by Crippen LogP contribution is -2.45. The van der Waals surface area contributed by atoms with Crippen molar-refractivity contribution in [3.63, 3.8) is 0 Å². The molecule has 0 bridgehead atoms. The standard InChI is InChI=1S/C22H27FN6O3/c1-22(2,3)13-32-21(31)28-9-8-14(10-24)18(12-28)29-11-17(19(25)30)20(27-29)26-16-6-4-15(23)5-7-16/h4-7,11,14,18H,8-9,12-13H2,1-3H3,(H2,25,30)(H,26,27)/t14-,18?/m0/s1. The fourth-order valence-corrected chi connectivity index (χ4v) is 3.39. The van der Waals surface area contributed by atoms with E-state index >= 15 is 0 Å². The Morgan fingerprint density at radius 2 is 2.03 bits per heavy atom. The van der Waals surface area contributed by atoms with E-state index in [1.165, 1.54) is 35.1 Å². The number of nitrogens with zero attached hydrogens (tertiary/aromatic N) is 4. The van der Waals surface area contributed by atoms with Crippen molar-refractivity contribution in [1.29, 1.82) is 5.26 Å². The van der Waals surface area contributed by atoms with Gasteiger partial charge in [0.15, 0.2) is 5.82 Å². The molecule has 0 radical (unpaired) electrons. The zero-order chi connectivity index (χ0) is 23.5. The van der Waals surface area contributed by atoms with Crippen LogP contribution in [0.1, 0.15) is 43.6 Å². The van der Waals surface area contributed by atoms with Gasteiger partial charge in [-0.15, -0.1) is 0 Å². The minimum atomic E-state index is -0.702. The average Bonchev–Trinajstić information content (AvgIpc) is 3.16. The highest BCUT2D eigenvalue weighted by molar-refractivity contribution is 5.98. The molecule has 170 valence electrons. The second kappa shape index (κ2) is 9.26. The Hall–Kier alpha value is -3.61. The highest BCUT2D eigenvalue weighted by atomic mass is 19.1. The summed E-state index contributed by atoms with van der Waals surface area (Å²) < 4.78 is 20.1. The number of primary amides is 1. The topological polar surface area (TPSA) is 126 Å². The van der Waals surface area contributed by atoms with Crippen LogP contribution in [0.4, 0.5) is 20.7 Å². The van der Waals surface area contributed by atoms with Gasteiger partial charge in [-0.25, -0.2) is 9.18 Å². The largest absolute Gasteiger partial charge is 0.449 e. The number of nitrogens with one attached hydrogen (secondary N) is 1. The number of likely N-dealkylation sites (tertiary alicyclic amines) is 1. The molecule has 9 nitrogen and oxygen atoms in total. The van der Waals surface area contributed by atoms with Crippen molar-refractivity contribution in [1.82, 2.24) is 14.7 Å². The van der Waals surface area contributed by atoms with Crippen LogP contribution in [-0.2, 0) is 4.74 Å². The maximum absolute atomic E-state index is 13.2. The van der Waals surface area contributed by atoms with Crippen LogP contribution in [-0.4, -0.2) is 46.4 Å². The third-order valence-electron chi connectivity index (χ3n) is 5.08. The number of aromatic nitrogens is 2. The molecule has 2 aromatic rings. The quantitative estimate of drug-likeness (QED) is 0.730. The molecule has 0 spiro atoms. The first-order valence-electron chi connectivity index (χ1n) is 10.3. The van der Waals surface area contributed by atoms with Gasteiger partial charge in [0.05, 0.1) is 24.6 Å². The average molecular weight is 442 g/mol. The van der Waals surface area contributed by atoms with E-state index in [1.54, 1.807) is 4.90 Å². The molecular weight excluding hydrogens is 415 g/mol. The lowest BCUT2D eigenvalue weighted by Gasteiger charge is -2.35. The first kappa shape index (κ1) is 23.1. The fourth-order valence-electron chi connectivity index (χ4n) is 3.39. The number of ether oxygens (including phenoxy) is 1. The van der Waals surface area contributed by atoms with Gasteiger partial charge in [0, 0.05) is 25.0 Å². The normalized spacial score (nSPS) is 18.7. The summed E-state index contributed by atoms with van der Waals surface area (Å²) in [4.78, 5) is 26.1. The van der Waals surface area contributed by atoms with Crippen LogP contribution in [0.25, 0.3) is 0 Å². The summed E-state index contributed by atoms with van der Waals surface area (Å²) in [7, 11) is 0. The van der Waals surface area contributed by atoms with Gasteiger partial charge in [0.25, 0.3) is 5.91 Å². The van der Waals surface area contributed by atoms with Crippen LogP contribution < -0.4 is 11.1 Å². The van der Waals surface area contributed by atoms with E-state index in [1.807, 2.05) is 20.8 Å². The molecule has 1 aliphatic rings. The van der Waals surface area contributed by atoms with Crippen LogP contribution in [0.5, 0.6) is 0 Å². The van der Waals surface area contributed by atoms with Gasteiger partial charge in [-0.1, -0.05) is 20.8 Å². The number of halogens is 1. The number of carbonyl (C=O) groups is 2. The second-order valence-corrected chi connectivity index (χ2v) is 9.02. The van der Waals surface area contributed by atoms with E-state index in [-0.39, 0.29) is 29.9 Å². The maximum atomic E-state index is 13.2. The first-order chi connectivity index (χ1) is 15.1. The number of nitrogens with two attached hydrogens (primary N) is 1. The van der Waals surface area contributed by atoms with Crippen molar-refractivity contribution >= 4 is 23.5 Å². The molecule has 1 aliphatic heterocycles. The first-order valence-corrected chi connectivity index (χ1v) is 10.3. The number of carbonyl (C=O) groups excluding carboxylic acids is 2. The van der Waals surface area contributed by atoms with Crippen molar-refractivity contribution in [2.75, 3.05) is 25.0 Å². The molecule has 1 saturated heterocycles. The monoisotopic (exact) mass is 442 g/mol. The molecule has 10 heteroatoms. The SMILES string of the molecule is CC(C)(C)COC(=O)N1CC[C@@H](C#N)C(n2cc(C(N)=O)c(Nc3ccc(F)cc3)n2)C1. The number of hydrogen-bond donors (Lipinski definition) is 2. The van der Waals surface area contributed by atoms with Gasteiger partial charge in [-0.2, -0.15) is 10.4 Å². The predicted molar refractivity (Wildman–Crippen MR) is 116 cm³/mol.